The van der Waals surface area contributed by atoms with Crippen molar-refractivity contribution in [3.63, 3.8) is 0 Å². The number of benzene rings is 1. The molecule has 132 valence electrons. The zero-order valence-electron chi connectivity index (χ0n) is 13.4. The Bertz CT molecular complexity index is 933. The van der Waals surface area contributed by atoms with Crippen LogP contribution in [0.1, 0.15) is 29.2 Å². The number of nitrogens with zero attached hydrogens (tertiary/aromatic N) is 2. The summed E-state index contributed by atoms with van der Waals surface area (Å²) in [6, 6.07) is 1.76. The number of nitrogens with one attached hydrogen (secondary N) is 1. The van der Waals surface area contributed by atoms with Crippen molar-refractivity contribution in [1.29, 1.82) is 0 Å². The van der Waals surface area contributed by atoms with Gasteiger partial charge in [0.2, 0.25) is 5.43 Å². The number of carboxylic acid groups (broad SMARTS) is 1. The van der Waals surface area contributed by atoms with Crippen LogP contribution in [-0.2, 0) is 0 Å². The maximum atomic E-state index is 14.9. The molecule has 0 amide bonds. The fourth-order valence-electron chi connectivity index (χ4n) is 3.36. The van der Waals surface area contributed by atoms with Crippen molar-refractivity contribution in [2.24, 2.45) is 0 Å². The van der Waals surface area contributed by atoms with Gasteiger partial charge in [-0.15, -0.1) is 0 Å². The van der Waals surface area contributed by atoms with E-state index in [-0.39, 0.29) is 22.0 Å². The van der Waals surface area contributed by atoms with Crippen LogP contribution in [-0.4, -0.2) is 41.8 Å². The SMILES string of the molecule is O=C(O)c1cn(C2CC2)c2cc(N3CCNCC3)c(F)c(Cl)c2c1=O. The zero-order valence-corrected chi connectivity index (χ0v) is 14.1. The lowest BCUT2D eigenvalue weighted by Crippen LogP contribution is -2.44. The van der Waals surface area contributed by atoms with Crippen molar-refractivity contribution < 1.29 is 14.3 Å². The molecule has 6 nitrogen and oxygen atoms in total. The Morgan fingerprint density at radius 3 is 2.60 bits per heavy atom. The maximum Gasteiger partial charge on any atom is 0.341 e. The van der Waals surface area contributed by atoms with Crippen LogP contribution >= 0.6 is 11.6 Å². The van der Waals surface area contributed by atoms with Gasteiger partial charge < -0.3 is 19.9 Å². The largest absolute Gasteiger partial charge is 0.477 e. The van der Waals surface area contributed by atoms with Gasteiger partial charge in [0.15, 0.2) is 5.82 Å². The molecule has 0 radical (unpaired) electrons. The van der Waals surface area contributed by atoms with Crippen molar-refractivity contribution in [3.8, 4) is 0 Å². The highest BCUT2D eigenvalue weighted by atomic mass is 35.5. The molecule has 4 rings (SSSR count). The number of aromatic carboxylic acids is 1. The normalized spacial score (nSPS) is 17.9. The summed E-state index contributed by atoms with van der Waals surface area (Å²) in [5.74, 6) is -2.00. The first-order chi connectivity index (χ1) is 12.0. The second-order valence-corrected chi connectivity index (χ2v) is 6.85. The Labute approximate surface area is 147 Å². The Morgan fingerprint density at radius 2 is 2.00 bits per heavy atom. The summed E-state index contributed by atoms with van der Waals surface area (Å²) >= 11 is 6.21. The van der Waals surface area contributed by atoms with Gasteiger partial charge in [-0.25, -0.2) is 9.18 Å². The molecular formula is C17H17ClFN3O3. The minimum Gasteiger partial charge on any atom is -0.477 e. The van der Waals surface area contributed by atoms with Gasteiger partial charge >= 0.3 is 5.97 Å². The van der Waals surface area contributed by atoms with E-state index < -0.39 is 17.2 Å². The van der Waals surface area contributed by atoms with Crippen molar-refractivity contribution in [2.45, 2.75) is 18.9 Å². The van der Waals surface area contributed by atoms with Crippen LogP contribution < -0.4 is 15.6 Å². The van der Waals surface area contributed by atoms with Crippen LogP contribution in [0, 0.1) is 5.82 Å². The number of halogens is 2. The van der Waals surface area contributed by atoms with E-state index in [0.29, 0.717) is 24.3 Å². The van der Waals surface area contributed by atoms with E-state index in [1.807, 2.05) is 4.90 Å². The number of carbonyl (C=O) groups is 1. The van der Waals surface area contributed by atoms with Gasteiger partial charge in [-0.05, 0) is 18.9 Å². The molecule has 1 aromatic heterocycles. The fourth-order valence-corrected chi connectivity index (χ4v) is 3.64. The van der Waals surface area contributed by atoms with E-state index in [0.717, 1.165) is 25.9 Å². The second kappa shape index (κ2) is 6.00. The zero-order chi connectivity index (χ0) is 17.7. The summed E-state index contributed by atoms with van der Waals surface area (Å²) in [6.45, 7) is 2.75. The Balaban J connectivity index is 2.02. The molecule has 1 aliphatic heterocycles. The fraction of sp³-hybridized carbons (Fsp3) is 0.412. The summed E-state index contributed by atoms with van der Waals surface area (Å²) in [5, 5.41) is 12.2. The van der Waals surface area contributed by atoms with Gasteiger partial charge in [0, 0.05) is 38.4 Å². The van der Waals surface area contributed by atoms with Crippen LogP contribution in [0.4, 0.5) is 10.1 Å². The molecule has 1 aliphatic carbocycles. The van der Waals surface area contributed by atoms with E-state index in [1.165, 1.54) is 6.20 Å². The van der Waals surface area contributed by atoms with Crippen LogP contribution in [0.15, 0.2) is 17.1 Å². The Kier molecular flexibility index (Phi) is 3.92. The van der Waals surface area contributed by atoms with Gasteiger partial charge in [-0.1, -0.05) is 11.6 Å². The topological polar surface area (TPSA) is 74.6 Å². The van der Waals surface area contributed by atoms with E-state index in [1.54, 1.807) is 10.6 Å². The van der Waals surface area contributed by atoms with Crippen molar-refractivity contribution in [3.05, 3.63) is 38.9 Å². The number of carboxylic acids is 1. The smallest absolute Gasteiger partial charge is 0.341 e. The summed E-state index contributed by atoms with van der Waals surface area (Å²) in [5.41, 5.74) is -0.265. The van der Waals surface area contributed by atoms with Crippen LogP contribution in [0.25, 0.3) is 10.9 Å². The third-order valence-corrected chi connectivity index (χ3v) is 5.17. The first-order valence-corrected chi connectivity index (χ1v) is 8.62. The standard InChI is InChI=1S/C17H17ClFN3O3/c18-14-13-11(7-12(15(14)19)21-5-3-20-4-6-21)22(9-1-2-9)8-10(16(13)23)17(24)25/h7-9,20H,1-6H2,(H,24,25). The van der Waals surface area contributed by atoms with Gasteiger partial charge in [0.1, 0.15) is 5.56 Å². The predicted octanol–water partition coefficient (Wildman–Crippen LogP) is 2.24. The third kappa shape index (κ3) is 2.67. The lowest BCUT2D eigenvalue weighted by atomic mass is 10.1. The number of rotatable bonds is 3. The molecule has 25 heavy (non-hydrogen) atoms. The number of pyridine rings is 1. The quantitative estimate of drug-likeness (QED) is 0.872. The number of anilines is 1. The lowest BCUT2D eigenvalue weighted by Gasteiger charge is -2.30. The van der Waals surface area contributed by atoms with E-state index in [4.69, 9.17) is 11.6 Å². The highest BCUT2D eigenvalue weighted by molar-refractivity contribution is 6.36. The van der Waals surface area contributed by atoms with E-state index >= 15 is 0 Å². The molecule has 1 saturated carbocycles. The summed E-state index contributed by atoms with van der Waals surface area (Å²) in [7, 11) is 0. The van der Waals surface area contributed by atoms with Crippen molar-refractivity contribution >= 4 is 34.2 Å². The summed E-state index contributed by atoms with van der Waals surface area (Å²) in [6.07, 6.45) is 3.16. The monoisotopic (exact) mass is 365 g/mol. The molecule has 2 aliphatic rings. The molecule has 0 spiro atoms. The molecule has 2 aromatic rings. The van der Waals surface area contributed by atoms with Gasteiger partial charge in [0.25, 0.3) is 0 Å². The molecule has 8 heteroatoms. The molecule has 0 atom stereocenters. The Morgan fingerprint density at radius 1 is 1.32 bits per heavy atom. The van der Waals surface area contributed by atoms with E-state index in [9.17, 15) is 19.1 Å². The van der Waals surface area contributed by atoms with Crippen LogP contribution in [0.3, 0.4) is 0 Å². The highest BCUT2D eigenvalue weighted by Crippen LogP contribution is 2.40. The average Bonchev–Trinajstić information content (AvgIpc) is 3.43. The number of aromatic nitrogens is 1. The number of hydrogen-bond donors (Lipinski definition) is 2. The predicted molar refractivity (Wildman–Crippen MR) is 93.5 cm³/mol. The Hall–Kier alpha value is -2.12. The molecule has 2 heterocycles. The number of piperazine rings is 1. The molecule has 0 bridgehead atoms. The van der Waals surface area contributed by atoms with Crippen LogP contribution in [0.2, 0.25) is 5.02 Å². The second-order valence-electron chi connectivity index (χ2n) is 6.47. The highest BCUT2D eigenvalue weighted by Gasteiger charge is 2.29. The third-order valence-electron chi connectivity index (χ3n) is 4.81. The summed E-state index contributed by atoms with van der Waals surface area (Å²) in [4.78, 5) is 25.9. The first kappa shape index (κ1) is 16.4. The van der Waals surface area contributed by atoms with Crippen molar-refractivity contribution in [2.75, 3.05) is 31.1 Å². The molecule has 1 aromatic carbocycles. The number of fused-ring (bicyclic) bond motifs is 1. The van der Waals surface area contributed by atoms with E-state index in [2.05, 4.69) is 5.32 Å². The van der Waals surface area contributed by atoms with Gasteiger partial charge in [-0.3, -0.25) is 4.79 Å². The first-order valence-electron chi connectivity index (χ1n) is 8.25. The van der Waals surface area contributed by atoms with Gasteiger partial charge in [-0.2, -0.15) is 0 Å². The molecule has 2 N–H and O–H groups in total. The molecule has 1 saturated heterocycles. The molecular weight excluding hydrogens is 349 g/mol. The average molecular weight is 366 g/mol. The van der Waals surface area contributed by atoms with Gasteiger partial charge in [0.05, 0.1) is 21.6 Å². The van der Waals surface area contributed by atoms with Crippen molar-refractivity contribution in [1.82, 2.24) is 9.88 Å². The number of hydrogen-bond acceptors (Lipinski definition) is 4. The van der Waals surface area contributed by atoms with Crippen LogP contribution in [0.5, 0.6) is 0 Å². The molecule has 0 unspecified atom stereocenters. The minimum absolute atomic E-state index is 0.0511. The maximum absolute atomic E-state index is 14.9. The lowest BCUT2D eigenvalue weighted by molar-refractivity contribution is 0.0695. The minimum atomic E-state index is -1.33. The molecule has 2 fully saturated rings. The summed E-state index contributed by atoms with van der Waals surface area (Å²) < 4.78 is 16.6.